The molecule has 4 heterocycles. The maximum atomic E-state index is 5.92. The normalized spacial score (nSPS) is 24.8. The summed E-state index contributed by atoms with van der Waals surface area (Å²) < 4.78 is 7.89. The standard InChI is InChI=1S/C19H26N6O/c1-3-20-19(24-16-10-15-5-6-17(16)26-15)23-12-14-4-7-18(22-11-14)25-9-8-21-13(25)2/h4,7-9,11,15-17H,3,5-6,10,12H2,1-2H3,(H2,20,23,24). The topological polar surface area (TPSA) is 76.4 Å². The minimum Gasteiger partial charge on any atom is -0.373 e. The van der Waals surface area contributed by atoms with Gasteiger partial charge in [-0.25, -0.2) is 15.0 Å². The van der Waals surface area contributed by atoms with Crippen LogP contribution in [0.4, 0.5) is 0 Å². The molecule has 0 spiro atoms. The predicted molar refractivity (Wildman–Crippen MR) is 100 cm³/mol. The summed E-state index contributed by atoms with van der Waals surface area (Å²) in [5.41, 5.74) is 1.08. The van der Waals surface area contributed by atoms with Gasteiger partial charge in [0.1, 0.15) is 11.6 Å². The molecule has 138 valence electrons. The number of hydrogen-bond acceptors (Lipinski definition) is 4. The van der Waals surface area contributed by atoms with E-state index in [1.54, 1.807) is 6.20 Å². The lowest BCUT2D eigenvalue weighted by atomic mass is 9.96. The number of aryl methyl sites for hydroxylation is 1. The van der Waals surface area contributed by atoms with Crippen molar-refractivity contribution >= 4 is 5.96 Å². The molecule has 3 unspecified atom stereocenters. The van der Waals surface area contributed by atoms with E-state index in [4.69, 9.17) is 9.73 Å². The highest BCUT2D eigenvalue weighted by molar-refractivity contribution is 5.80. The van der Waals surface area contributed by atoms with E-state index in [9.17, 15) is 0 Å². The van der Waals surface area contributed by atoms with Crippen molar-refractivity contribution in [2.45, 2.75) is 57.9 Å². The van der Waals surface area contributed by atoms with Gasteiger partial charge >= 0.3 is 0 Å². The van der Waals surface area contributed by atoms with Gasteiger partial charge in [0.2, 0.25) is 0 Å². The Morgan fingerprint density at radius 2 is 2.27 bits per heavy atom. The van der Waals surface area contributed by atoms with Crippen LogP contribution in [0.25, 0.3) is 5.82 Å². The van der Waals surface area contributed by atoms with E-state index in [0.717, 1.165) is 42.6 Å². The molecule has 4 rings (SSSR count). The van der Waals surface area contributed by atoms with E-state index >= 15 is 0 Å². The summed E-state index contributed by atoms with van der Waals surface area (Å²) in [7, 11) is 0. The molecular formula is C19H26N6O. The number of pyridine rings is 1. The number of guanidine groups is 1. The van der Waals surface area contributed by atoms with E-state index in [-0.39, 0.29) is 0 Å². The van der Waals surface area contributed by atoms with Crippen LogP contribution in [-0.4, -0.2) is 45.3 Å². The van der Waals surface area contributed by atoms with Crippen molar-refractivity contribution in [2.24, 2.45) is 4.99 Å². The van der Waals surface area contributed by atoms with Crippen LogP contribution in [0, 0.1) is 6.92 Å². The summed E-state index contributed by atoms with van der Waals surface area (Å²) in [6.45, 7) is 5.48. The molecule has 0 aliphatic carbocycles. The van der Waals surface area contributed by atoms with Gasteiger partial charge in [-0.1, -0.05) is 6.07 Å². The molecule has 0 radical (unpaired) electrons. The van der Waals surface area contributed by atoms with E-state index in [1.165, 1.54) is 6.42 Å². The van der Waals surface area contributed by atoms with Gasteiger partial charge in [-0.15, -0.1) is 0 Å². The number of ether oxygens (including phenoxy) is 1. The molecule has 2 aromatic heterocycles. The van der Waals surface area contributed by atoms with E-state index in [2.05, 4.69) is 33.6 Å². The number of aliphatic imine (C=N–C) groups is 1. The zero-order valence-corrected chi connectivity index (χ0v) is 15.4. The quantitative estimate of drug-likeness (QED) is 0.634. The number of imidazole rings is 1. The monoisotopic (exact) mass is 354 g/mol. The molecule has 7 nitrogen and oxygen atoms in total. The molecule has 0 saturated carbocycles. The summed E-state index contributed by atoms with van der Waals surface area (Å²) in [5, 5.41) is 6.87. The van der Waals surface area contributed by atoms with Crippen LogP contribution in [0.3, 0.4) is 0 Å². The van der Waals surface area contributed by atoms with Crippen LogP contribution in [0.15, 0.2) is 35.7 Å². The smallest absolute Gasteiger partial charge is 0.191 e. The molecule has 26 heavy (non-hydrogen) atoms. The Morgan fingerprint density at radius 1 is 1.35 bits per heavy atom. The van der Waals surface area contributed by atoms with Gasteiger partial charge in [-0.3, -0.25) is 4.57 Å². The SMILES string of the molecule is CCNC(=NCc1ccc(-n2ccnc2C)nc1)NC1CC2CCC1O2. The van der Waals surface area contributed by atoms with Crippen molar-refractivity contribution < 1.29 is 4.74 Å². The second-order valence-corrected chi connectivity index (χ2v) is 6.92. The van der Waals surface area contributed by atoms with Gasteiger partial charge in [0.15, 0.2) is 5.96 Å². The highest BCUT2D eigenvalue weighted by Gasteiger charge is 2.41. The summed E-state index contributed by atoms with van der Waals surface area (Å²) in [5.74, 6) is 2.65. The number of aromatic nitrogens is 3. The van der Waals surface area contributed by atoms with E-state index in [0.29, 0.717) is 24.8 Å². The highest BCUT2D eigenvalue weighted by Crippen LogP contribution is 2.34. The summed E-state index contributed by atoms with van der Waals surface area (Å²) in [4.78, 5) is 13.5. The van der Waals surface area contributed by atoms with Crippen LogP contribution in [0.2, 0.25) is 0 Å². The second-order valence-electron chi connectivity index (χ2n) is 6.92. The first-order valence-electron chi connectivity index (χ1n) is 9.38. The van der Waals surface area contributed by atoms with Crippen molar-refractivity contribution in [3.05, 3.63) is 42.1 Å². The first-order valence-corrected chi connectivity index (χ1v) is 9.38. The lowest BCUT2D eigenvalue weighted by Gasteiger charge is -2.22. The molecule has 2 bridgehead atoms. The maximum Gasteiger partial charge on any atom is 0.191 e. The Kier molecular flexibility index (Phi) is 4.88. The highest BCUT2D eigenvalue weighted by atomic mass is 16.5. The van der Waals surface area contributed by atoms with Gasteiger partial charge in [0.25, 0.3) is 0 Å². The van der Waals surface area contributed by atoms with Crippen molar-refractivity contribution in [1.82, 2.24) is 25.2 Å². The van der Waals surface area contributed by atoms with Crippen molar-refractivity contribution in [3.8, 4) is 5.82 Å². The van der Waals surface area contributed by atoms with Gasteiger partial charge in [-0.2, -0.15) is 0 Å². The molecule has 0 amide bonds. The molecule has 2 aliphatic rings. The van der Waals surface area contributed by atoms with Crippen LogP contribution in [-0.2, 0) is 11.3 Å². The van der Waals surface area contributed by atoms with Crippen molar-refractivity contribution in [3.63, 3.8) is 0 Å². The molecule has 2 fully saturated rings. The predicted octanol–water partition coefficient (Wildman–Crippen LogP) is 1.95. The largest absolute Gasteiger partial charge is 0.373 e. The zero-order valence-electron chi connectivity index (χ0n) is 15.4. The summed E-state index contributed by atoms with van der Waals surface area (Å²) >= 11 is 0. The number of hydrogen-bond donors (Lipinski definition) is 2. The first-order chi connectivity index (χ1) is 12.7. The minimum absolute atomic E-state index is 0.336. The van der Waals surface area contributed by atoms with Crippen LogP contribution in [0.1, 0.15) is 37.6 Å². The van der Waals surface area contributed by atoms with Crippen molar-refractivity contribution in [2.75, 3.05) is 6.54 Å². The molecule has 0 aromatic carbocycles. The number of fused-ring (bicyclic) bond motifs is 2. The lowest BCUT2D eigenvalue weighted by molar-refractivity contribution is 0.0992. The molecular weight excluding hydrogens is 328 g/mol. The third-order valence-electron chi connectivity index (χ3n) is 5.07. The second kappa shape index (κ2) is 7.45. The molecule has 2 aliphatic heterocycles. The third kappa shape index (κ3) is 3.58. The molecule has 2 saturated heterocycles. The Bertz CT molecular complexity index is 769. The average Bonchev–Trinajstić information content (AvgIpc) is 3.37. The number of nitrogens with one attached hydrogen (secondary N) is 2. The van der Waals surface area contributed by atoms with E-state index < -0.39 is 0 Å². The molecule has 2 N–H and O–H groups in total. The van der Waals surface area contributed by atoms with Crippen LogP contribution in [0.5, 0.6) is 0 Å². The Labute approximate surface area is 153 Å². The molecule has 3 atom stereocenters. The minimum atomic E-state index is 0.336. The summed E-state index contributed by atoms with van der Waals surface area (Å²) in [6.07, 6.45) is 9.78. The third-order valence-corrected chi connectivity index (χ3v) is 5.07. The van der Waals surface area contributed by atoms with E-state index in [1.807, 2.05) is 30.0 Å². The molecule has 7 heteroatoms. The van der Waals surface area contributed by atoms with Gasteiger partial charge < -0.3 is 15.4 Å². The van der Waals surface area contributed by atoms with Crippen LogP contribution < -0.4 is 10.6 Å². The van der Waals surface area contributed by atoms with Crippen LogP contribution >= 0.6 is 0 Å². The van der Waals surface area contributed by atoms with Gasteiger partial charge in [-0.05, 0) is 44.7 Å². The number of rotatable bonds is 5. The summed E-state index contributed by atoms with van der Waals surface area (Å²) in [6, 6.07) is 4.44. The van der Waals surface area contributed by atoms with Gasteiger partial charge in [0.05, 0.1) is 24.8 Å². The Hall–Kier alpha value is -2.41. The fraction of sp³-hybridized carbons (Fsp3) is 0.526. The fourth-order valence-electron chi connectivity index (χ4n) is 3.73. The zero-order chi connectivity index (χ0) is 17.9. The Balaban J connectivity index is 1.40. The lowest BCUT2D eigenvalue weighted by Crippen LogP contribution is -2.47. The fourth-order valence-corrected chi connectivity index (χ4v) is 3.73. The van der Waals surface area contributed by atoms with Crippen molar-refractivity contribution in [1.29, 1.82) is 0 Å². The Morgan fingerprint density at radius 3 is 2.88 bits per heavy atom. The first kappa shape index (κ1) is 17.0. The number of nitrogens with zero attached hydrogens (tertiary/aromatic N) is 4. The maximum absolute atomic E-state index is 5.92. The average molecular weight is 354 g/mol. The molecule has 2 aromatic rings. The van der Waals surface area contributed by atoms with Gasteiger partial charge in [0, 0.05) is 25.1 Å².